The van der Waals surface area contributed by atoms with Gasteiger partial charge in [0.2, 0.25) is 5.91 Å². The Morgan fingerprint density at radius 1 is 1.39 bits per heavy atom. The summed E-state index contributed by atoms with van der Waals surface area (Å²) < 4.78 is 11.1. The predicted octanol–water partition coefficient (Wildman–Crippen LogP) is 0.345. The van der Waals surface area contributed by atoms with Gasteiger partial charge in [-0.15, -0.1) is 0 Å². The highest BCUT2D eigenvalue weighted by Crippen LogP contribution is 2.26. The molecule has 1 fully saturated rings. The molecular weight excluding hydrogens is 298 g/mol. The molecule has 0 unspecified atom stereocenters. The number of anilines is 1. The zero-order chi connectivity index (χ0) is 16.2. The zero-order valence-electron chi connectivity index (χ0n) is 12.9. The fourth-order valence-electron chi connectivity index (χ4n) is 2.65. The molecule has 1 aromatic carbocycles. The molecule has 0 radical (unpaired) electrons. The molecule has 3 rings (SSSR count). The van der Waals surface area contributed by atoms with Crippen LogP contribution in [0.3, 0.4) is 0 Å². The number of hydrogen-bond donors (Lipinski definition) is 3. The molecule has 2 heterocycles. The minimum atomic E-state index is -0.516. The number of nitrogens with one attached hydrogen (secondary N) is 1. The molecule has 1 saturated heterocycles. The van der Waals surface area contributed by atoms with Crippen molar-refractivity contribution in [3.8, 4) is 5.75 Å². The van der Waals surface area contributed by atoms with E-state index in [9.17, 15) is 4.79 Å². The van der Waals surface area contributed by atoms with Gasteiger partial charge in [0.1, 0.15) is 11.3 Å². The van der Waals surface area contributed by atoms with Gasteiger partial charge in [0.05, 0.1) is 25.3 Å². The van der Waals surface area contributed by atoms with Crippen LogP contribution >= 0.6 is 0 Å². The van der Waals surface area contributed by atoms with Crippen LogP contribution < -0.4 is 16.2 Å². The molecule has 23 heavy (non-hydrogen) atoms. The number of aromatic nitrogens is 2. The lowest BCUT2D eigenvalue weighted by molar-refractivity contribution is 0.0358. The standard InChI is InChI=1S/C15H21N5O3/c16-14(21)10-8-11-13(19-15(17)18-11)12(9-10)23-5-1-2-20-3-6-22-7-4-20/h8-9H,1-7H2,(H2,16,21)(H3,17,18,19). The highest BCUT2D eigenvalue weighted by molar-refractivity contribution is 5.98. The van der Waals surface area contributed by atoms with E-state index in [1.165, 1.54) is 0 Å². The van der Waals surface area contributed by atoms with Gasteiger partial charge in [-0.25, -0.2) is 4.98 Å². The summed E-state index contributed by atoms with van der Waals surface area (Å²) in [5, 5.41) is 0. The van der Waals surface area contributed by atoms with E-state index in [0.717, 1.165) is 39.3 Å². The molecule has 1 aliphatic rings. The number of nitrogens with zero attached hydrogens (tertiary/aromatic N) is 2. The van der Waals surface area contributed by atoms with E-state index in [2.05, 4.69) is 14.9 Å². The van der Waals surface area contributed by atoms with Gasteiger partial charge in [-0.1, -0.05) is 0 Å². The number of primary amides is 1. The molecule has 0 atom stereocenters. The van der Waals surface area contributed by atoms with E-state index in [-0.39, 0.29) is 5.95 Å². The Hall–Kier alpha value is -2.32. The van der Waals surface area contributed by atoms with Gasteiger partial charge in [-0.2, -0.15) is 0 Å². The fraction of sp³-hybridized carbons (Fsp3) is 0.467. The smallest absolute Gasteiger partial charge is 0.248 e. The van der Waals surface area contributed by atoms with Gasteiger partial charge in [0.15, 0.2) is 5.95 Å². The van der Waals surface area contributed by atoms with E-state index < -0.39 is 5.91 Å². The maximum absolute atomic E-state index is 11.4. The number of nitrogens with two attached hydrogens (primary N) is 2. The summed E-state index contributed by atoms with van der Waals surface area (Å²) in [6.45, 7) is 4.96. The summed E-state index contributed by atoms with van der Waals surface area (Å²) >= 11 is 0. The average Bonchev–Trinajstić information content (AvgIpc) is 2.92. The first-order valence-corrected chi connectivity index (χ1v) is 7.65. The van der Waals surface area contributed by atoms with E-state index >= 15 is 0 Å². The number of aromatic amines is 1. The second kappa shape index (κ2) is 6.84. The second-order valence-corrected chi connectivity index (χ2v) is 5.51. The van der Waals surface area contributed by atoms with E-state index in [4.69, 9.17) is 20.9 Å². The monoisotopic (exact) mass is 319 g/mol. The highest BCUT2D eigenvalue weighted by Gasteiger charge is 2.13. The number of rotatable bonds is 6. The number of carbonyl (C=O) groups is 1. The van der Waals surface area contributed by atoms with Crippen molar-refractivity contribution in [3.63, 3.8) is 0 Å². The zero-order valence-corrected chi connectivity index (χ0v) is 12.9. The normalized spacial score (nSPS) is 15.8. The quantitative estimate of drug-likeness (QED) is 0.661. The van der Waals surface area contributed by atoms with E-state index in [0.29, 0.717) is 29.0 Å². The molecule has 124 valence electrons. The average molecular weight is 319 g/mol. The third-order valence-corrected chi connectivity index (χ3v) is 3.83. The Morgan fingerprint density at radius 3 is 2.91 bits per heavy atom. The number of imidazole rings is 1. The van der Waals surface area contributed by atoms with Crippen molar-refractivity contribution >= 4 is 22.9 Å². The third kappa shape index (κ3) is 3.72. The number of benzene rings is 1. The van der Waals surface area contributed by atoms with Crippen molar-refractivity contribution in [1.29, 1.82) is 0 Å². The molecule has 5 N–H and O–H groups in total. The molecule has 0 aliphatic carbocycles. The molecule has 0 saturated carbocycles. The largest absolute Gasteiger partial charge is 0.491 e. The van der Waals surface area contributed by atoms with Crippen LogP contribution in [-0.2, 0) is 4.74 Å². The molecule has 8 nitrogen and oxygen atoms in total. The molecule has 2 aromatic rings. The Balaban J connectivity index is 1.65. The van der Waals surface area contributed by atoms with Crippen molar-refractivity contribution in [2.45, 2.75) is 6.42 Å². The fourth-order valence-corrected chi connectivity index (χ4v) is 2.65. The summed E-state index contributed by atoms with van der Waals surface area (Å²) in [7, 11) is 0. The van der Waals surface area contributed by atoms with Gasteiger partial charge in [0, 0.05) is 25.2 Å². The number of nitrogen functional groups attached to an aromatic ring is 1. The van der Waals surface area contributed by atoms with E-state index in [1.807, 2.05) is 0 Å². The molecule has 8 heteroatoms. The van der Waals surface area contributed by atoms with Crippen LogP contribution in [0.5, 0.6) is 5.75 Å². The highest BCUT2D eigenvalue weighted by atomic mass is 16.5. The van der Waals surface area contributed by atoms with Gasteiger partial charge in [-0.05, 0) is 18.6 Å². The van der Waals surface area contributed by atoms with Gasteiger partial charge < -0.3 is 25.9 Å². The first kappa shape index (κ1) is 15.6. The predicted molar refractivity (Wildman–Crippen MR) is 86.4 cm³/mol. The van der Waals surface area contributed by atoms with Crippen molar-refractivity contribution in [1.82, 2.24) is 14.9 Å². The first-order valence-electron chi connectivity index (χ1n) is 7.65. The Bertz CT molecular complexity index is 694. The molecule has 1 amide bonds. The number of carbonyl (C=O) groups excluding carboxylic acids is 1. The summed E-state index contributed by atoms with van der Waals surface area (Å²) in [5.74, 6) is 0.282. The van der Waals surface area contributed by atoms with Crippen LogP contribution in [0.25, 0.3) is 11.0 Å². The number of ether oxygens (including phenoxy) is 2. The van der Waals surface area contributed by atoms with Gasteiger partial charge >= 0.3 is 0 Å². The molecule has 1 aliphatic heterocycles. The topological polar surface area (TPSA) is 119 Å². The molecule has 0 spiro atoms. The van der Waals surface area contributed by atoms with Gasteiger partial charge in [0.25, 0.3) is 0 Å². The van der Waals surface area contributed by atoms with Crippen LogP contribution in [0.1, 0.15) is 16.8 Å². The Labute approximate surface area is 133 Å². The van der Waals surface area contributed by atoms with E-state index in [1.54, 1.807) is 12.1 Å². The Kier molecular flexibility index (Phi) is 4.63. The third-order valence-electron chi connectivity index (χ3n) is 3.83. The van der Waals surface area contributed by atoms with Crippen molar-refractivity contribution < 1.29 is 14.3 Å². The maximum atomic E-state index is 11.4. The second-order valence-electron chi connectivity index (χ2n) is 5.51. The molecule has 1 aromatic heterocycles. The lowest BCUT2D eigenvalue weighted by atomic mass is 10.1. The summed E-state index contributed by atoms with van der Waals surface area (Å²) in [5.41, 5.74) is 12.7. The number of amides is 1. The van der Waals surface area contributed by atoms with Crippen LogP contribution in [0.2, 0.25) is 0 Å². The van der Waals surface area contributed by atoms with Crippen molar-refractivity contribution in [3.05, 3.63) is 17.7 Å². The van der Waals surface area contributed by atoms with Crippen LogP contribution in [0.15, 0.2) is 12.1 Å². The minimum Gasteiger partial charge on any atom is -0.491 e. The number of fused-ring (bicyclic) bond motifs is 1. The lowest BCUT2D eigenvalue weighted by Crippen LogP contribution is -2.37. The number of hydrogen-bond acceptors (Lipinski definition) is 6. The van der Waals surface area contributed by atoms with Crippen molar-refractivity contribution in [2.24, 2.45) is 5.73 Å². The van der Waals surface area contributed by atoms with Gasteiger partial charge in [-0.3, -0.25) is 9.69 Å². The minimum absolute atomic E-state index is 0.278. The maximum Gasteiger partial charge on any atom is 0.248 e. The lowest BCUT2D eigenvalue weighted by Gasteiger charge is -2.26. The SMILES string of the molecule is NC(=O)c1cc(OCCCN2CCOCC2)c2nc(N)[nH]c2c1. The Morgan fingerprint density at radius 2 is 2.17 bits per heavy atom. The first-order chi connectivity index (χ1) is 11.1. The number of morpholine rings is 1. The van der Waals surface area contributed by atoms with Crippen molar-refractivity contribution in [2.75, 3.05) is 45.2 Å². The molecular formula is C15H21N5O3. The summed E-state index contributed by atoms with van der Waals surface area (Å²) in [6.07, 6.45) is 0.877. The summed E-state index contributed by atoms with van der Waals surface area (Å²) in [4.78, 5) is 20.9. The van der Waals surface area contributed by atoms with Crippen LogP contribution in [0, 0.1) is 0 Å². The summed E-state index contributed by atoms with van der Waals surface area (Å²) in [6, 6.07) is 3.24. The van der Waals surface area contributed by atoms with Crippen LogP contribution in [0.4, 0.5) is 5.95 Å². The number of H-pyrrole nitrogens is 1. The van der Waals surface area contributed by atoms with Crippen LogP contribution in [-0.4, -0.2) is 60.2 Å². The molecule has 0 bridgehead atoms.